The van der Waals surface area contributed by atoms with Crippen molar-refractivity contribution in [2.24, 2.45) is 0 Å². The first-order chi connectivity index (χ1) is 13.4. The third-order valence-electron chi connectivity index (χ3n) is 4.95. The van der Waals surface area contributed by atoms with E-state index in [1.165, 1.54) is 16.5 Å². The van der Waals surface area contributed by atoms with Crippen LogP contribution >= 0.6 is 11.3 Å². The van der Waals surface area contributed by atoms with Gasteiger partial charge in [-0.15, -0.1) is 11.3 Å². The van der Waals surface area contributed by atoms with Gasteiger partial charge in [0.2, 0.25) is 0 Å². The van der Waals surface area contributed by atoms with Crippen LogP contribution in [0.2, 0.25) is 0 Å². The van der Waals surface area contributed by atoms with E-state index in [4.69, 9.17) is 8.94 Å². The van der Waals surface area contributed by atoms with Crippen molar-refractivity contribution in [2.75, 3.05) is 0 Å². The van der Waals surface area contributed by atoms with Gasteiger partial charge in [-0.1, -0.05) is 35.5 Å². The maximum atomic E-state index is 5.69. The van der Waals surface area contributed by atoms with Crippen molar-refractivity contribution in [1.29, 1.82) is 0 Å². The summed E-state index contributed by atoms with van der Waals surface area (Å²) in [7, 11) is 0. The van der Waals surface area contributed by atoms with Crippen LogP contribution in [0.5, 0.6) is 0 Å². The fraction of sp³-hybridized carbons (Fsp3) is 0. The Kier molecular flexibility index (Phi) is 3.01. The van der Waals surface area contributed by atoms with Crippen LogP contribution in [0, 0.1) is 0 Å². The number of hydrogen-bond donors (Lipinski definition) is 0. The molecule has 27 heavy (non-hydrogen) atoms. The van der Waals surface area contributed by atoms with Gasteiger partial charge in [0.25, 0.3) is 0 Å². The average Bonchev–Trinajstić information content (AvgIpc) is 3.46. The third-order valence-corrected chi connectivity index (χ3v) is 5.84. The highest BCUT2D eigenvalue weighted by molar-refractivity contribution is 7.17. The van der Waals surface area contributed by atoms with Gasteiger partial charge in [-0.3, -0.25) is 0 Å². The molecule has 0 saturated heterocycles. The minimum absolute atomic E-state index is 0.771. The second-order valence-corrected chi connectivity index (χ2v) is 7.32. The summed E-state index contributed by atoms with van der Waals surface area (Å²) in [6.07, 6.45) is 3.25. The van der Waals surface area contributed by atoms with E-state index in [1.807, 2.05) is 18.2 Å². The molecule has 0 aliphatic rings. The van der Waals surface area contributed by atoms with E-state index in [0.29, 0.717) is 0 Å². The van der Waals surface area contributed by atoms with E-state index in [1.54, 1.807) is 17.5 Å². The van der Waals surface area contributed by atoms with Crippen molar-refractivity contribution in [2.45, 2.75) is 0 Å². The van der Waals surface area contributed by atoms with E-state index >= 15 is 0 Å². The van der Waals surface area contributed by atoms with Gasteiger partial charge in [0.15, 0.2) is 17.6 Å². The Morgan fingerprint density at radius 1 is 0.741 bits per heavy atom. The maximum absolute atomic E-state index is 5.69. The molecule has 128 valence electrons. The molecule has 0 bridgehead atoms. The lowest BCUT2D eigenvalue weighted by molar-refractivity contribution is 0.457. The van der Waals surface area contributed by atoms with Crippen molar-refractivity contribution in [3.63, 3.8) is 0 Å². The quantitative estimate of drug-likeness (QED) is 0.349. The molecule has 0 radical (unpaired) electrons. The van der Waals surface area contributed by atoms with Crippen LogP contribution in [0.25, 0.3) is 54.4 Å². The molecular formula is C22H12N2O2S. The van der Waals surface area contributed by atoms with E-state index in [9.17, 15) is 0 Å². The molecule has 0 saturated carbocycles. The number of para-hydroxylation sites is 1. The van der Waals surface area contributed by atoms with Gasteiger partial charge < -0.3 is 8.94 Å². The van der Waals surface area contributed by atoms with Gasteiger partial charge in [0.1, 0.15) is 5.52 Å². The van der Waals surface area contributed by atoms with Crippen molar-refractivity contribution in [1.82, 2.24) is 10.1 Å². The van der Waals surface area contributed by atoms with Gasteiger partial charge in [0.05, 0.1) is 11.6 Å². The number of aromatic nitrogens is 2. The van der Waals surface area contributed by atoms with Crippen LogP contribution in [0.15, 0.2) is 81.5 Å². The molecule has 0 aliphatic heterocycles. The number of hydrogen-bond acceptors (Lipinski definition) is 5. The lowest BCUT2D eigenvalue weighted by atomic mass is 9.95. The first-order valence-corrected chi connectivity index (χ1v) is 9.45. The standard InChI is InChI=1S/C22H12N2O2S/c1-4-16(22-19(5-1)23-12-25-22)14-7-8-17(21-18(14)11-24-26-21)13-3-2-6-20-15(13)9-10-27-20/h1-12H. The number of benzene rings is 3. The zero-order chi connectivity index (χ0) is 17.8. The predicted octanol–water partition coefficient (Wildman–Crippen LogP) is 6.52. The molecule has 0 N–H and O–H groups in total. The molecule has 5 heteroatoms. The molecule has 3 heterocycles. The fourth-order valence-corrected chi connectivity index (χ4v) is 4.54. The van der Waals surface area contributed by atoms with Gasteiger partial charge >= 0.3 is 0 Å². The minimum atomic E-state index is 0.771. The Morgan fingerprint density at radius 3 is 2.56 bits per heavy atom. The largest absolute Gasteiger partial charge is 0.443 e. The molecular weight excluding hydrogens is 356 g/mol. The van der Waals surface area contributed by atoms with Crippen LogP contribution in [0.4, 0.5) is 0 Å². The molecule has 0 aliphatic carbocycles. The smallest absolute Gasteiger partial charge is 0.182 e. The molecule has 0 spiro atoms. The van der Waals surface area contributed by atoms with Crippen LogP contribution in [0.3, 0.4) is 0 Å². The molecule has 4 nitrogen and oxygen atoms in total. The molecule has 6 aromatic rings. The number of thiophene rings is 1. The van der Waals surface area contributed by atoms with Gasteiger partial charge in [-0.2, -0.15) is 0 Å². The summed E-state index contributed by atoms with van der Waals surface area (Å²) in [6.45, 7) is 0. The van der Waals surface area contributed by atoms with Crippen LogP contribution in [-0.2, 0) is 0 Å². The van der Waals surface area contributed by atoms with Gasteiger partial charge in [0, 0.05) is 21.2 Å². The predicted molar refractivity (Wildman–Crippen MR) is 108 cm³/mol. The Morgan fingerprint density at radius 2 is 1.56 bits per heavy atom. The zero-order valence-corrected chi connectivity index (χ0v) is 14.9. The first kappa shape index (κ1) is 14.7. The van der Waals surface area contributed by atoms with E-state index in [0.717, 1.165) is 44.3 Å². The van der Waals surface area contributed by atoms with Crippen LogP contribution in [0.1, 0.15) is 0 Å². The molecule has 3 aromatic heterocycles. The number of oxazole rings is 1. The van der Waals surface area contributed by atoms with Crippen molar-refractivity contribution in [3.8, 4) is 22.3 Å². The highest BCUT2D eigenvalue weighted by Crippen LogP contribution is 2.40. The monoisotopic (exact) mass is 368 g/mol. The maximum Gasteiger partial charge on any atom is 0.182 e. The summed E-state index contributed by atoms with van der Waals surface area (Å²) in [6, 6.07) is 18.7. The highest BCUT2D eigenvalue weighted by Gasteiger charge is 2.17. The van der Waals surface area contributed by atoms with Gasteiger partial charge in [-0.25, -0.2) is 4.98 Å². The van der Waals surface area contributed by atoms with Crippen molar-refractivity contribution in [3.05, 3.63) is 72.6 Å². The van der Waals surface area contributed by atoms with Crippen LogP contribution in [-0.4, -0.2) is 10.1 Å². The summed E-state index contributed by atoms with van der Waals surface area (Å²) in [5.41, 5.74) is 6.59. The van der Waals surface area contributed by atoms with E-state index < -0.39 is 0 Å². The lowest BCUT2D eigenvalue weighted by Gasteiger charge is -2.08. The summed E-state index contributed by atoms with van der Waals surface area (Å²) in [5.74, 6) is 0. The summed E-state index contributed by atoms with van der Waals surface area (Å²) < 4.78 is 12.6. The average molecular weight is 368 g/mol. The molecule has 0 fully saturated rings. The SMILES string of the molecule is c1cc(-c2ccc(-c3cccc4sccc34)c3oncc23)c2ocnc2c1. The number of rotatable bonds is 2. The Bertz CT molecular complexity index is 1330. The number of fused-ring (bicyclic) bond motifs is 3. The first-order valence-electron chi connectivity index (χ1n) is 8.57. The molecule has 0 atom stereocenters. The second kappa shape index (κ2) is 5.53. The zero-order valence-electron chi connectivity index (χ0n) is 14.0. The number of nitrogens with zero attached hydrogens (tertiary/aromatic N) is 2. The summed E-state index contributed by atoms with van der Waals surface area (Å²) in [4.78, 5) is 4.26. The highest BCUT2D eigenvalue weighted by atomic mass is 32.1. The lowest BCUT2D eigenvalue weighted by Crippen LogP contribution is -1.85. The third kappa shape index (κ3) is 2.09. The summed E-state index contributed by atoms with van der Waals surface area (Å²) in [5, 5.41) is 8.40. The second-order valence-electron chi connectivity index (χ2n) is 6.37. The Hall–Kier alpha value is -3.44. The van der Waals surface area contributed by atoms with Crippen LogP contribution < -0.4 is 0 Å². The summed E-state index contributed by atoms with van der Waals surface area (Å²) >= 11 is 1.74. The molecule has 3 aromatic carbocycles. The molecule has 0 unspecified atom stereocenters. The van der Waals surface area contributed by atoms with E-state index in [-0.39, 0.29) is 0 Å². The minimum Gasteiger partial charge on any atom is -0.443 e. The van der Waals surface area contributed by atoms with Crippen molar-refractivity contribution >= 4 is 43.5 Å². The molecule has 0 amide bonds. The Labute approximate surface area is 157 Å². The van der Waals surface area contributed by atoms with E-state index in [2.05, 4.69) is 51.9 Å². The normalized spacial score (nSPS) is 11.7. The van der Waals surface area contributed by atoms with Gasteiger partial charge in [-0.05, 0) is 40.8 Å². The molecule has 6 rings (SSSR count). The Balaban J connectivity index is 1.66. The topological polar surface area (TPSA) is 52.1 Å². The fourth-order valence-electron chi connectivity index (χ4n) is 3.73. The van der Waals surface area contributed by atoms with Crippen molar-refractivity contribution < 1.29 is 8.94 Å².